The Kier molecular flexibility index (Phi) is 7.17. The molecule has 0 radical (unpaired) electrons. The fourth-order valence-electron chi connectivity index (χ4n) is 3.72. The second-order valence-electron chi connectivity index (χ2n) is 7.59. The zero-order chi connectivity index (χ0) is 26.0. The van der Waals surface area contributed by atoms with Crippen molar-refractivity contribution in [1.29, 1.82) is 0 Å². The number of para-hydroxylation sites is 1. The maximum atomic E-state index is 13.4. The van der Waals surface area contributed by atoms with Crippen molar-refractivity contribution >= 4 is 74.9 Å². The van der Waals surface area contributed by atoms with Gasteiger partial charge in [0.15, 0.2) is 0 Å². The number of thiocarbonyl (C=S) groups is 1. The van der Waals surface area contributed by atoms with E-state index >= 15 is 0 Å². The predicted octanol–water partition coefficient (Wildman–Crippen LogP) is 1.17. The topological polar surface area (TPSA) is 136 Å². The first kappa shape index (κ1) is 25.1. The highest BCUT2D eigenvalue weighted by Crippen LogP contribution is 2.44. The number of anilines is 2. The molecule has 2 heterocycles. The number of carboxylic acid groups (broad SMARTS) is 1. The molecule has 184 valence electrons. The Morgan fingerprint density at radius 1 is 1.00 bits per heavy atom. The average molecular weight is 525 g/mol. The normalized spacial score (nSPS) is 16.9. The van der Waals surface area contributed by atoms with Crippen LogP contribution in [0.4, 0.5) is 11.4 Å². The van der Waals surface area contributed by atoms with Crippen LogP contribution in [-0.4, -0.2) is 58.6 Å². The molecule has 0 aromatic heterocycles. The number of carbonyl (C=O) groups excluding carboxylic acids is 5. The van der Waals surface area contributed by atoms with Crippen LogP contribution in [0.5, 0.6) is 0 Å². The Labute approximate surface area is 214 Å². The van der Waals surface area contributed by atoms with Crippen LogP contribution in [0.25, 0.3) is 5.57 Å². The third-order valence-corrected chi connectivity index (χ3v) is 6.72. The van der Waals surface area contributed by atoms with Gasteiger partial charge in [-0.05, 0) is 37.3 Å². The molecule has 1 fully saturated rings. The highest BCUT2D eigenvalue weighted by atomic mass is 32.2. The van der Waals surface area contributed by atoms with Gasteiger partial charge in [0.05, 0.1) is 40.9 Å². The molecule has 2 aliphatic heterocycles. The van der Waals surface area contributed by atoms with E-state index < -0.39 is 36.2 Å². The number of ether oxygens (including phenoxy) is 1. The molecule has 0 aliphatic carbocycles. The van der Waals surface area contributed by atoms with Gasteiger partial charge in [0.1, 0.15) is 10.9 Å². The van der Waals surface area contributed by atoms with Gasteiger partial charge in [0, 0.05) is 11.3 Å². The Morgan fingerprint density at radius 2 is 1.69 bits per heavy atom. The Morgan fingerprint density at radius 3 is 2.36 bits per heavy atom. The fourth-order valence-corrected chi connectivity index (χ4v) is 5.05. The van der Waals surface area contributed by atoms with Crippen molar-refractivity contribution < 1.29 is 33.8 Å². The van der Waals surface area contributed by atoms with Crippen molar-refractivity contribution in [1.82, 2.24) is 4.90 Å². The highest BCUT2D eigenvalue weighted by molar-refractivity contribution is 8.26. The van der Waals surface area contributed by atoms with Crippen LogP contribution >= 0.6 is 24.0 Å². The third kappa shape index (κ3) is 4.86. The minimum absolute atomic E-state index is 0.000519. The first-order valence-corrected chi connectivity index (χ1v) is 11.9. The zero-order valence-corrected chi connectivity index (χ0v) is 20.4. The van der Waals surface area contributed by atoms with Gasteiger partial charge in [-0.1, -0.05) is 42.2 Å². The summed E-state index contributed by atoms with van der Waals surface area (Å²) in [6.07, 6.45) is 0. The van der Waals surface area contributed by atoms with E-state index in [-0.39, 0.29) is 28.0 Å². The summed E-state index contributed by atoms with van der Waals surface area (Å²) in [6.45, 7) is 0.868. The molecule has 2 aromatic carbocycles. The Balaban J connectivity index is 1.56. The summed E-state index contributed by atoms with van der Waals surface area (Å²) >= 11 is 5.95. The lowest BCUT2D eigenvalue weighted by molar-refractivity contribution is -0.305. The third-order valence-electron chi connectivity index (χ3n) is 5.27. The van der Waals surface area contributed by atoms with Gasteiger partial charge in [-0.2, -0.15) is 0 Å². The van der Waals surface area contributed by atoms with Crippen LogP contribution in [0.3, 0.4) is 0 Å². The van der Waals surface area contributed by atoms with E-state index in [9.17, 15) is 29.1 Å². The molecule has 1 N–H and O–H groups in total. The average Bonchev–Trinajstić information content (AvgIpc) is 3.26. The standard InChI is InChI=1S/C24H19N3O7S2/c1-2-34-23(33)13-7-9-14(10-8-13)25-17(28)11-26-16-6-4-3-5-15(16)19(21(26)31)20-22(32)27(12-18(29)30)24(35)36-20/h3-10H,2,11-12H2,1H3,(H,25,28)(H,29,30)/p-1/b20-19-. The number of esters is 1. The van der Waals surface area contributed by atoms with Crippen molar-refractivity contribution in [2.24, 2.45) is 0 Å². The monoisotopic (exact) mass is 524 g/mol. The van der Waals surface area contributed by atoms with E-state index in [1.807, 2.05) is 0 Å². The van der Waals surface area contributed by atoms with Crippen LogP contribution in [-0.2, 0) is 23.9 Å². The maximum absolute atomic E-state index is 13.4. The maximum Gasteiger partial charge on any atom is 0.338 e. The fraction of sp³-hybridized carbons (Fsp3) is 0.167. The Hall–Kier alpha value is -4.03. The second kappa shape index (κ2) is 10.3. The van der Waals surface area contributed by atoms with E-state index in [1.165, 1.54) is 29.2 Å². The van der Waals surface area contributed by atoms with E-state index in [4.69, 9.17) is 17.0 Å². The van der Waals surface area contributed by atoms with Crippen molar-refractivity contribution in [2.45, 2.75) is 6.92 Å². The number of amides is 3. The summed E-state index contributed by atoms with van der Waals surface area (Å²) in [5.74, 6) is -3.76. The van der Waals surface area contributed by atoms with Crippen LogP contribution in [0.15, 0.2) is 53.4 Å². The molecule has 4 rings (SSSR count). The SMILES string of the molecule is CCOC(=O)c1ccc(NC(=O)CN2C(=O)/C(=C3\SC(=S)N(CC(=O)[O-])C3=O)c3ccccc32)cc1. The molecule has 0 atom stereocenters. The van der Waals surface area contributed by atoms with Gasteiger partial charge in [-0.15, -0.1) is 0 Å². The summed E-state index contributed by atoms with van der Waals surface area (Å²) in [4.78, 5) is 63.9. The van der Waals surface area contributed by atoms with Gasteiger partial charge in [-0.25, -0.2) is 4.79 Å². The molecule has 10 nitrogen and oxygen atoms in total. The summed E-state index contributed by atoms with van der Waals surface area (Å²) in [5.41, 5.74) is 1.66. The second-order valence-corrected chi connectivity index (χ2v) is 9.23. The zero-order valence-electron chi connectivity index (χ0n) is 18.8. The largest absolute Gasteiger partial charge is 0.548 e. The number of hydrogen-bond donors (Lipinski definition) is 1. The highest BCUT2D eigenvalue weighted by Gasteiger charge is 2.42. The number of nitrogens with one attached hydrogen (secondary N) is 1. The number of carbonyl (C=O) groups is 5. The minimum atomic E-state index is -1.48. The molecule has 0 unspecified atom stereocenters. The van der Waals surface area contributed by atoms with Gasteiger partial charge < -0.3 is 20.0 Å². The van der Waals surface area contributed by atoms with Crippen LogP contribution in [0, 0.1) is 0 Å². The number of fused-ring (bicyclic) bond motifs is 1. The molecule has 3 amide bonds. The smallest absolute Gasteiger partial charge is 0.338 e. The Bertz CT molecular complexity index is 1340. The van der Waals surface area contributed by atoms with Gasteiger partial charge >= 0.3 is 5.97 Å². The molecule has 12 heteroatoms. The number of thioether (sulfide) groups is 1. The summed E-state index contributed by atoms with van der Waals surface area (Å²) < 4.78 is 4.93. The number of hydrogen-bond acceptors (Lipinski definition) is 9. The molecule has 36 heavy (non-hydrogen) atoms. The minimum Gasteiger partial charge on any atom is -0.548 e. The van der Waals surface area contributed by atoms with E-state index in [0.29, 0.717) is 22.5 Å². The summed E-state index contributed by atoms with van der Waals surface area (Å²) in [6, 6.07) is 12.8. The molecular formula is C24H18N3O7S2-. The van der Waals surface area contributed by atoms with Crippen LogP contribution in [0.1, 0.15) is 22.8 Å². The van der Waals surface area contributed by atoms with E-state index in [2.05, 4.69) is 5.32 Å². The number of nitrogens with zero attached hydrogens (tertiary/aromatic N) is 2. The van der Waals surface area contributed by atoms with Crippen LogP contribution < -0.4 is 15.3 Å². The molecule has 0 spiro atoms. The van der Waals surface area contributed by atoms with Crippen LogP contribution in [0.2, 0.25) is 0 Å². The quantitative estimate of drug-likeness (QED) is 0.322. The molecule has 0 saturated carbocycles. The van der Waals surface area contributed by atoms with Crippen molar-refractivity contribution in [2.75, 3.05) is 29.9 Å². The van der Waals surface area contributed by atoms with Crippen molar-refractivity contribution in [3.63, 3.8) is 0 Å². The number of rotatable bonds is 7. The number of benzene rings is 2. The first-order chi connectivity index (χ1) is 17.2. The van der Waals surface area contributed by atoms with Crippen molar-refractivity contribution in [3.8, 4) is 0 Å². The van der Waals surface area contributed by atoms with Crippen molar-refractivity contribution in [3.05, 3.63) is 64.6 Å². The molecular weight excluding hydrogens is 506 g/mol. The summed E-state index contributed by atoms with van der Waals surface area (Å²) in [7, 11) is 0. The summed E-state index contributed by atoms with van der Waals surface area (Å²) in [5, 5.41) is 13.7. The lowest BCUT2D eigenvalue weighted by Crippen LogP contribution is -2.40. The van der Waals surface area contributed by atoms with Gasteiger partial charge in [0.2, 0.25) is 5.91 Å². The number of carboxylic acids is 1. The molecule has 0 bridgehead atoms. The number of aliphatic carboxylic acids is 1. The molecule has 1 saturated heterocycles. The predicted molar refractivity (Wildman–Crippen MR) is 134 cm³/mol. The van der Waals surface area contributed by atoms with Gasteiger partial charge in [0.25, 0.3) is 11.8 Å². The van der Waals surface area contributed by atoms with Gasteiger partial charge in [-0.3, -0.25) is 24.2 Å². The molecule has 2 aromatic rings. The van der Waals surface area contributed by atoms with E-state index in [0.717, 1.165) is 16.7 Å². The van der Waals surface area contributed by atoms with E-state index in [1.54, 1.807) is 31.2 Å². The first-order valence-electron chi connectivity index (χ1n) is 10.7. The molecule has 2 aliphatic rings. The lowest BCUT2D eigenvalue weighted by atomic mass is 10.1. The lowest BCUT2D eigenvalue weighted by Gasteiger charge is -2.17.